The summed E-state index contributed by atoms with van der Waals surface area (Å²) in [6.45, 7) is 0. The SMILES string of the molecule is O=P1(O)Oc2c(-c3ccc4cc(C(F)(F)F)ccc4c3)cc3ccccc3c2-c2c(c(-c3ccc4cc(C(F)(F)F)ccc4c3)cc3ccccc23)O1. The molecule has 4 nitrogen and oxygen atoms in total. The first-order chi connectivity index (χ1) is 25.2. The summed E-state index contributed by atoms with van der Waals surface area (Å²) < 4.78 is 107. The lowest BCUT2D eigenvalue weighted by molar-refractivity contribution is -0.138. The molecule has 0 amide bonds. The molecule has 1 aliphatic heterocycles. The van der Waals surface area contributed by atoms with Crippen LogP contribution < -0.4 is 9.05 Å². The molecule has 0 spiro atoms. The largest absolute Gasteiger partial charge is 0.584 e. The molecule has 0 bridgehead atoms. The van der Waals surface area contributed by atoms with Crippen molar-refractivity contribution in [2.45, 2.75) is 12.4 Å². The lowest BCUT2D eigenvalue weighted by Crippen LogP contribution is -2.04. The van der Waals surface area contributed by atoms with Crippen LogP contribution in [0.1, 0.15) is 11.1 Å². The minimum Gasteiger partial charge on any atom is -0.394 e. The molecule has 262 valence electrons. The Morgan fingerprint density at radius 3 is 1.25 bits per heavy atom. The number of halogens is 6. The summed E-state index contributed by atoms with van der Waals surface area (Å²) in [4.78, 5) is 11.4. The fourth-order valence-corrected chi connectivity index (χ4v) is 8.08. The van der Waals surface area contributed by atoms with Crippen molar-refractivity contribution < 1.29 is 44.8 Å². The summed E-state index contributed by atoms with van der Waals surface area (Å²) in [6.07, 6.45) is -9.03. The topological polar surface area (TPSA) is 55.8 Å². The van der Waals surface area contributed by atoms with E-state index in [2.05, 4.69) is 0 Å². The van der Waals surface area contributed by atoms with E-state index < -0.39 is 31.3 Å². The number of hydrogen-bond donors (Lipinski definition) is 1. The summed E-state index contributed by atoms with van der Waals surface area (Å²) >= 11 is 0. The van der Waals surface area contributed by atoms with Gasteiger partial charge in [0.1, 0.15) is 11.5 Å². The van der Waals surface area contributed by atoms with E-state index >= 15 is 0 Å². The van der Waals surface area contributed by atoms with Crippen LogP contribution >= 0.6 is 7.82 Å². The molecule has 0 fully saturated rings. The normalized spacial score (nSPS) is 14.1. The van der Waals surface area contributed by atoms with Gasteiger partial charge < -0.3 is 9.05 Å². The van der Waals surface area contributed by atoms with E-state index in [1.54, 1.807) is 48.5 Å². The van der Waals surface area contributed by atoms with Gasteiger partial charge in [-0.15, -0.1) is 0 Å². The number of fused-ring (bicyclic) bond motifs is 9. The molecule has 1 heterocycles. The molecule has 0 aromatic heterocycles. The maximum absolute atomic E-state index is 14.0. The maximum Gasteiger partial charge on any atom is 0.584 e. The molecule has 0 unspecified atom stereocenters. The zero-order valence-electron chi connectivity index (χ0n) is 27.1. The summed E-state index contributed by atoms with van der Waals surface area (Å²) in [5.74, 6) is 0.0834. The van der Waals surface area contributed by atoms with Gasteiger partial charge in [0.2, 0.25) is 0 Å². The standard InChI is InChI=1S/C42H23F6O4P/c43-41(44,45)31-15-13-23-17-29(11-9-25(23)19-31)35-21-27-5-1-3-7-33(27)37-38-34-8-4-2-6-28(34)22-36(40(38)52-53(49,50)51-39(35)37)30-12-10-26-20-32(42(46,47)48)16-14-24(26)18-30/h1-22H,(H,49,50). The van der Waals surface area contributed by atoms with Crippen LogP contribution in [0.15, 0.2) is 133 Å². The third-order valence-electron chi connectivity index (χ3n) is 9.62. The second kappa shape index (κ2) is 11.6. The van der Waals surface area contributed by atoms with Crippen molar-refractivity contribution in [2.75, 3.05) is 0 Å². The highest BCUT2D eigenvalue weighted by atomic mass is 31.2. The summed E-state index contributed by atoms with van der Waals surface area (Å²) in [7, 11) is -4.94. The fraction of sp³-hybridized carbons (Fsp3) is 0.0476. The second-order valence-corrected chi connectivity index (χ2v) is 14.2. The van der Waals surface area contributed by atoms with Gasteiger partial charge in [-0.05, 0) is 103 Å². The van der Waals surface area contributed by atoms with Crippen LogP contribution in [0.5, 0.6) is 11.5 Å². The summed E-state index contributed by atoms with van der Waals surface area (Å²) in [6, 6.07) is 35.1. The molecular weight excluding hydrogens is 713 g/mol. The van der Waals surface area contributed by atoms with Crippen LogP contribution in [0.3, 0.4) is 0 Å². The van der Waals surface area contributed by atoms with Crippen LogP contribution in [-0.2, 0) is 16.9 Å². The molecular formula is C42H23F6O4P. The fourth-order valence-electron chi connectivity index (χ4n) is 7.20. The van der Waals surface area contributed by atoms with Gasteiger partial charge in [-0.25, -0.2) is 4.57 Å². The number of phosphoric acid groups is 1. The Bertz CT molecular complexity index is 2690. The number of hydrogen-bond acceptors (Lipinski definition) is 3. The summed E-state index contributed by atoms with van der Waals surface area (Å²) in [5, 5.41) is 4.60. The van der Waals surface area contributed by atoms with E-state index in [1.807, 2.05) is 48.5 Å². The zero-order chi connectivity index (χ0) is 36.9. The molecule has 1 N–H and O–H groups in total. The quantitative estimate of drug-likeness (QED) is 0.142. The number of benzene rings is 8. The van der Waals surface area contributed by atoms with E-state index in [9.17, 15) is 35.8 Å². The Balaban J connectivity index is 1.34. The first-order valence-corrected chi connectivity index (χ1v) is 17.8. The average Bonchev–Trinajstić information content (AvgIpc) is 3.25. The first kappa shape index (κ1) is 33.0. The molecule has 53 heavy (non-hydrogen) atoms. The van der Waals surface area contributed by atoms with Gasteiger partial charge >= 0.3 is 20.2 Å². The molecule has 0 saturated heterocycles. The predicted molar refractivity (Wildman–Crippen MR) is 194 cm³/mol. The van der Waals surface area contributed by atoms with Gasteiger partial charge in [0.15, 0.2) is 0 Å². The average molecular weight is 737 g/mol. The van der Waals surface area contributed by atoms with Gasteiger partial charge in [0, 0.05) is 22.3 Å². The predicted octanol–water partition coefficient (Wildman–Crippen LogP) is 13.2. The van der Waals surface area contributed by atoms with Crippen molar-refractivity contribution >= 4 is 50.9 Å². The van der Waals surface area contributed by atoms with E-state index in [-0.39, 0.29) is 11.5 Å². The first-order valence-electron chi connectivity index (χ1n) is 16.3. The highest BCUT2D eigenvalue weighted by Gasteiger charge is 2.38. The van der Waals surface area contributed by atoms with Crippen LogP contribution in [0, 0.1) is 0 Å². The van der Waals surface area contributed by atoms with Crippen molar-refractivity contribution in [3.05, 3.63) is 145 Å². The minimum atomic E-state index is -4.94. The Kier molecular flexibility index (Phi) is 7.22. The van der Waals surface area contributed by atoms with Gasteiger partial charge in [-0.1, -0.05) is 84.9 Å². The molecule has 8 aromatic carbocycles. The van der Waals surface area contributed by atoms with Gasteiger partial charge in [-0.2, -0.15) is 26.3 Å². The van der Waals surface area contributed by atoms with Crippen LogP contribution in [0.4, 0.5) is 26.3 Å². The number of alkyl halides is 6. The zero-order valence-corrected chi connectivity index (χ0v) is 28.0. The van der Waals surface area contributed by atoms with Crippen molar-refractivity contribution in [3.63, 3.8) is 0 Å². The van der Waals surface area contributed by atoms with Gasteiger partial charge in [-0.3, -0.25) is 4.89 Å². The smallest absolute Gasteiger partial charge is 0.394 e. The molecule has 0 radical (unpaired) electrons. The number of rotatable bonds is 2. The van der Waals surface area contributed by atoms with Crippen molar-refractivity contribution in [3.8, 4) is 44.9 Å². The maximum atomic E-state index is 14.0. The Labute approximate surface area is 297 Å². The minimum absolute atomic E-state index is 0.0417. The van der Waals surface area contributed by atoms with Gasteiger partial charge in [0.05, 0.1) is 11.1 Å². The van der Waals surface area contributed by atoms with Crippen molar-refractivity contribution in [1.29, 1.82) is 0 Å². The summed E-state index contributed by atoms with van der Waals surface area (Å²) in [5.41, 5.74) is 1.22. The highest BCUT2D eigenvalue weighted by Crippen LogP contribution is 2.61. The third kappa shape index (κ3) is 5.66. The van der Waals surface area contributed by atoms with Crippen LogP contribution in [0.2, 0.25) is 0 Å². The lowest BCUT2D eigenvalue weighted by atomic mass is 9.86. The van der Waals surface area contributed by atoms with Crippen molar-refractivity contribution in [1.82, 2.24) is 0 Å². The van der Waals surface area contributed by atoms with E-state index in [1.165, 1.54) is 12.1 Å². The highest BCUT2D eigenvalue weighted by molar-refractivity contribution is 7.48. The molecule has 8 aromatic rings. The lowest BCUT2D eigenvalue weighted by Gasteiger charge is -2.19. The van der Waals surface area contributed by atoms with E-state index in [0.29, 0.717) is 65.7 Å². The second-order valence-electron chi connectivity index (χ2n) is 12.9. The third-order valence-corrected chi connectivity index (χ3v) is 10.5. The molecule has 1 aliphatic rings. The van der Waals surface area contributed by atoms with Crippen LogP contribution in [-0.4, -0.2) is 4.89 Å². The van der Waals surface area contributed by atoms with Crippen LogP contribution in [0.25, 0.3) is 76.5 Å². The van der Waals surface area contributed by atoms with Crippen molar-refractivity contribution in [2.24, 2.45) is 0 Å². The van der Waals surface area contributed by atoms with E-state index in [0.717, 1.165) is 35.0 Å². The monoisotopic (exact) mass is 736 g/mol. The molecule has 0 atom stereocenters. The molecule has 9 rings (SSSR count). The molecule has 0 aliphatic carbocycles. The van der Waals surface area contributed by atoms with Gasteiger partial charge in [0.25, 0.3) is 0 Å². The molecule has 0 saturated carbocycles. The Hall–Kier alpha value is -5.83. The Morgan fingerprint density at radius 1 is 0.453 bits per heavy atom. The number of phosphoric ester groups is 1. The van der Waals surface area contributed by atoms with E-state index in [4.69, 9.17) is 9.05 Å². The molecule has 11 heteroatoms. The Morgan fingerprint density at radius 2 is 0.830 bits per heavy atom.